The van der Waals surface area contributed by atoms with Crippen LogP contribution < -0.4 is 10.5 Å². The molecule has 0 aliphatic carbocycles. The van der Waals surface area contributed by atoms with E-state index in [9.17, 15) is 0 Å². The topological polar surface area (TPSA) is 35.2 Å². The van der Waals surface area contributed by atoms with Gasteiger partial charge in [-0.2, -0.15) is 0 Å². The predicted molar refractivity (Wildman–Crippen MR) is 52.5 cm³/mol. The van der Waals surface area contributed by atoms with Crippen LogP contribution in [0, 0.1) is 0 Å². The molecule has 0 fully saturated rings. The lowest BCUT2D eigenvalue weighted by Gasteiger charge is -1.95. The van der Waals surface area contributed by atoms with Gasteiger partial charge in [-0.25, -0.2) is 0 Å². The van der Waals surface area contributed by atoms with Gasteiger partial charge in [0.05, 0.1) is 7.11 Å². The summed E-state index contributed by atoms with van der Waals surface area (Å²) in [6, 6.07) is 3.87. The predicted octanol–water partition coefficient (Wildman–Crippen LogP) is 1.88. The third kappa shape index (κ3) is 1.77. The van der Waals surface area contributed by atoms with Gasteiger partial charge < -0.3 is 10.5 Å². The van der Waals surface area contributed by atoms with Crippen molar-refractivity contribution in [1.29, 1.82) is 0 Å². The molecule has 2 N–H and O–H groups in total. The number of thiophene rings is 1. The van der Waals surface area contributed by atoms with Gasteiger partial charge in [-0.05, 0) is 12.1 Å². The monoisotopic (exact) mass is 181 g/mol. The van der Waals surface area contributed by atoms with Crippen molar-refractivity contribution in [2.45, 2.75) is 0 Å². The van der Waals surface area contributed by atoms with E-state index in [1.54, 1.807) is 18.4 Å². The molecule has 0 amide bonds. The van der Waals surface area contributed by atoms with E-state index in [-0.39, 0.29) is 0 Å². The molecule has 2 nitrogen and oxygen atoms in total. The second-order valence-corrected chi connectivity index (χ2v) is 3.23. The second kappa shape index (κ2) is 4.12. The van der Waals surface area contributed by atoms with Crippen molar-refractivity contribution in [2.75, 3.05) is 13.7 Å². The van der Waals surface area contributed by atoms with Crippen LogP contribution in [0.5, 0.6) is 5.06 Å². The Morgan fingerprint density at radius 3 is 2.92 bits per heavy atom. The Balaban J connectivity index is 2.95. The summed E-state index contributed by atoms with van der Waals surface area (Å²) in [7, 11) is 1.65. The van der Waals surface area contributed by atoms with Crippen molar-refractivity contribution in [3.8, 4) is 5.06 Å². The second-order valence-electron chi connectivity index (χ2n) is 2.18. The van der Waals surface area contributed by atoms with Gasteiger partial charge in [-0.3, -0.25) is 0 Å². The molecule has 0 atom stereocenters. The molecule has 64 valence electrons. The summed E-state index contributed by atoms with van der Waals surface area (Å²) in [5.41, 5.74) is 9.23. The number of ether oxygens (including phenoxy) is 1. The fourth-order valence-electron chi connectivity index (χ4n) is 0.852. The molecule has 1 heterocycles. The van der Waals surface area contributed by atoms with Gasteiger partial charge >= 0.3 is 0 Å². The maximum atomic E-state index is 5.49. The number of nitrogens with two attached hydrogens (primary N) is 1. The van der Waals surface area contributed by atoms with Gasteiger partial charge in [-0.1, -0.05) is 17.9 Å². The average molecular weight is 181 g/mol. The quantitative estimate of drug-likeness (QED) is 0.723. The highest BCUT2D eigenvalue weighted by Gasteiger charge is 2.02. The Morgan fingerprint density at radius 2 is 2.50 bits per heavy atom. The smallest absolute Gasteiger partial charge is 0.173 e. The van der Waals surface area contributed by atoms with E-state index in [0.29, 0.717) is 6.54 Å². The Labute approximate surface area is 76.0 Å². The molecule has 0 aromatic carbocycles. The van der Waals surface area contributed by atoms with Crippen molar-refractivity contribution in [3.05, 3.63) is 29.3 Å². The van der Waals surface area contributed by atoms with Crippen molar-refractivity contribution < 1.29 is 4.74 Å². The molecule has 12 heavy (non-hydrogen) atoms. The minimum Gasteiger partial charge on any atom is -0.487 e. The van der Waals surface area contributed by atoms with Crippen molar-refractivity contribution in [3.63, 3.8) is 0 Å². The lowest BCUT2D eigenvalue weighted by Crippen LogP contribution is -1.99. The summed E-state index contributed by atoms with van der Waals surface area (Å²) < 4.78 is 5.05. The maximum absolute atomic E-state index is 5.49. The molecule has 0 bridgehead atoms. The minimum atomic E-state index is 0.465. The SMILES string of the molecule is C=C=C(CN)c1ccc(OC)s1. The fraction of sp³-hybridized carbons (Fsp3) is 0.222. The largest absolute Gasteiger partial charge is 0.487 e. The van der Waals surface area contributed by atoms with Crippen LogP contribution >= 0.6 is 11.3 Å². The lowest BCUT2D eigenvalue weighted by molar-refractivity contribution is 0.427. The normalized spacial score (nSPS) is 9.17. The third-order valence-electron chi connectivity index (χ3n) is 1.50. The first-order valence-electron chi connectivity index (χ1n) is 3.55. The van der Waals surface area contributed by atoms with E-state index < -0.39 is 0 Å². The summed E-state index contributed by atoms with van der Waals surface area (Å²) >= 11 is 1.55. The van der Waals surface area contributed by atoms with E-state index >= 15 is 0 Å². The summed E-state index contributed by atoms with van der Waals surface area (Å²) in [5.74, 6) is 0. The molecule has 1 rings (SSSR count). The van der Waals surface area contributed by atoms with Crippen molar-refractivity contribution in [1.82, 2.24) is 0 Å². The molecule has 1 aromatic rings. The number of hydrogen-bond donors (Lipinski definition) is 1. The maximum Gasteiger partial charge on any atom is 0.173 e. The Hall–Kier alpha value is -1.02. The summed E-state index contributed by atoms with van der Waals surface area (Å²) in [5, 5.41) is 0.881. The average Bonchev–Trinajstić information content (AvgIpc) is 2.55. The first-order valence-corrected chi connectivity index (χ1v) is 4.36. The van der Waals surface area contributed by atoms with Crippen LogP contribution in [0.15, 0.2) is 24.4 Å². The Morgan fingerprint density at radius 1 is 1.75 bits per heavy atom. The molecular formula is C9H11NOS. The van der Waals surface area contributed by atoms with Crippen LogP contribution in [-0.4, -0.2) is 13.7 Å². The molecule has 0 unspecified atom stereocenters. The zero-order valence-corrected chi connectivity index (χ0v) is 7.78. The van der Waals surface area contributed by atoms with Crippen LogP contribution in [0.25, 0.3) is 5.57 Å². The third-order valence-corrected chi connectivity index (χ3v) is 2.60. The van der Waals surface area contributed by atoms with Crippen molar-refractivity contribution in [2.24, 2.45) is 5.73 Å². The van der Waals surface area contributed by atoms with Crippen LogP contribution in [0.4, 0.5) is 0 Å². The van der Waals surface area contributed by atoms with Gasteiger partial charge in [0, 0.05) is 17.0 Å². The molecular weight excluding hydrogens is 170 g/mol. The highest BCUT2D eigenvalue weighted by molar-refractivity contribution is 7.14. The van der Waals surface area contributed by atoms with Gasteiger partial charge in [0.1, 0.15) is 0 Å². The van der Waals surface area contributed by atoms with Gasteiger partial charge in [0.2, 0.25) is 0 Å². The summed E-state index contributed by atoms with van der Waals surface area (Å²) in [4.78, 5) is 1.07. The zero-order valence-electron chi connectivity index (χ0n) is 6.96. The van der Waals surface area contributed by atoms with E-state index in [1.807, 2.05) is 12.1 Å². The molecule has 0 aliphatic heterocycles. The fourth-order valence-corrected chi connectivity index (χ4v) is 1.70. The van der Waals surface area contributed by atoms with Gasteiger partial charge in [-0.15, -0.1) is 5.73 Å². The minimum absolute atomic E-state index is 0.465. The molecule has 1 aromatic heterocycles. The lowest BCUT2D eigenvalue weighted by atomic mass is 10.2. The number of rotatable bonds is 3. The first-order chi connectivity index (χ1) is 5.81. The molecule has 0 spiro atoms. The zero-order chi connectivity index (χ0) is 8.97. The van der Waals surface area contributed by atoms with Crippen LogP contribution in [0.2, 0.25) is 0 Å². The van der Waals surface area contributed by atoms with E-state index in [4.69, 9.17) is 10.5 Å². The summed E-state index contributed by atoms with van der Waals surface area (Å²) in [6.45, 7) is 4.03. The van der Waals surface area contributed by atoms with Crippen LogP contribution in [-0.2, 0) is 0 Å². The molecule has 0 saturated heterocycles. The van der Waals surface area contributed by atoms with Crippen LogP contribution in [0.1, 0.15) is 4.88 Å². The van der Waals surface area contributed by atoms with Crippen molar-refractivity contribution >= 4 is 16.9 Å². The standard InChI is InChI=1S/C9H11NOS/c1-3-7(6-10)8-4-5-9(11-2)12-8/h4-5H,1,6,10H2,2H3. The highest BCUT2D eigenvalue weighted by atomic mass is 32.1. The first kappa shape index (κ1) is 9.07. The molecule has 0 saturated carbocycles. The van der Waals surface area contributed by atoms with E-state index in [2.05, 4.69) is 12.3 Å². The summed E-state index contributed by atoms with van der Waals surface area (Å²) in [6.07, 6.45) is 0. The van der Waals surface area contributed by atoms with Crippen LogP contribution in [0.3, 0.4) is 0 Å². The Bertz CT molecular complexity index is 310. The van der Waals surface area contributed by atoms with E-state index in [0.717, 1.165) is 15.5 Å². The highest BCUT2D eigenvalue weighted by Crippen LogP contribution is 2.28. The molecule has 3 heteroatoms. The Kier molecular flexibility index (Phi) is 3.11. The molecule has 0 aliphatic rings. The van der Waals surface area contributed by atoms with E-state index in [1.165, 1.54) is 0 Å². The van der Waals surface area contributed by atoms with Gasteiger partial charge in [0.15, 0.2) is 5.06 Å². The number of hydrogen-bond acceptors (Lipinski definition) is 3. The molecule has 0 radical (unpaired) electrons. The number of methoxy groups -OCH3 is 1. The van der Waals surface area contributed by atoms with Gasteiger partial charge in [0.25, 0.3) is 0 Å².